The standard InChI is InChI=1S/C8H14/c1-2-6-3-4-7-5-8(6)7/h6-8H,2-5H2,1H3/t6?,7-,8-/m0/s1. The summed E-state index contributed by atoms with van der Waals surface area (Å²) in [4.78, 5) is 0. The monoisotopic (exact) mass is 110 g/mol. The zero-order valence-corrected chi connectivity index (χ0v) is 5.56. The molecule has 0 heteroatoms. The van der Waals surface area contributed by atoms with Gasteiger partial charge in [0.15, 0.2) is 0 Å². The fourth-order valence-electron chi connectivity index (χ4n) is 2.33. The van der Waals surface area contributed by atoms with Crippen molar-refractivity contribution in [3.05, 3.63) is 0 Å². The van der Waals surface area contributed by atoms with Gasteiger partial charge >= 0.3 is 0 Å². The van der Waals surface area contributed by atoms with Gasteiger partial charge in [-0.1, -0.05) is 13.3 Å². The van der Waals surface area contributed by atoms with E-state index in [-0.39, 0.29) is 0 Å². The van der Waals surface area contributed by atoms with Crippen LogP contribution in [-0.4, -0.2) is 0 Å². The lowest BCUT2D eigenvalue weighted by Gasteiger charge is -2.04. The smallest absolute Gasteiger partial charge is 0.0355 e. The number of fused-ring (bicyclic) bond motifs is 1. The van der Waals surface area contributed by atoms with Crippen LogP contribution in [-0.2, 0) is 0 Å². The molecule has 0 nitrogen and oxygen atoms in total. The van der Waals surface area contributed by atoms with Crippen LogP contribution in [0.3, 0.4) is 0 Å². The molecule has 2 rings (SSSR count). The van der Waals surface area contributed by atoms with Crippen molar-refractivity contribution in [1.29, 1.82) is 0 Å². The van der Waals surface area contributed by atoms with Gasteiger partial charge in [0.2, 0.25) is 0 Å². The van der Waals surface area contributed by atoms with Crippen molar-refractivity contribution in [3.63, 3.8) is 0 Å². The van der Waals surface area contributed by atoms with Crippen molar-refractivity contribution < 1.29 is 0 Å². The Morgan fingerprint density at radius 1 is 1.38 bits per heavy atom. The Morgan fingerprint density at radius 3 is 2.50 bits per heavy atom. The maximum absolute atomic E-state index is 2.34. The van der Waals surface area contributed by atoms with Crippen LogP contribution in [0.2, 0.25) is 0 Å². The Balaban J connectivity index is 1.97. The summed E-state index contributed by atoms with van der Waals surface area (Å²) < 4.78 is 0. The molecule has 0 aromatic heterocycles. The minimum atomic E-state index is 1.14. The molecule has 0 amide bonds. The second-order valence-electron chi connectivity index (χ2n) is 3.41. The molecule has 0 saturated heterocycles. The van der Waals surface area contributed by atoms with Crippen LogP contribution in [0.1, 0.15) is 32.6 Å². The molecule has 2 aliphatic rings. The van der Waals surface area contributed by atoms with Gasteiger partial charge in [-0.15, -0.1) is 0 Å². The van der Waals surface area contributed by atoms with E-state index in [0.717, 1.165) is 5.92 Å². The number of rotatable bonds is 1. The van der Waals surface area contributed by atoms with Crippen molar-refractivity contribution in [2.75, 3.05) is 0 Å². The quantitative estimate of drug-likeness (QED) is 0.486. The van der Waals surface area contributed by atoms with Crippen molar-refractivity contribution in [3.8, 4) is 0 Å². The third-order valence-electron chi connectivity index (χ3n) is 3.02. The summed E-state index contributed by atoms with van der Waals surface area (Å²) in [6.07, 6.45) is 6.13. The van der Waals surface area contributed by atoms with Crippen molar-refractivity contribution >= 4 is 0 Å². The number of hydrogen-bond donors (Lipinski definition) is 0. The van der Waals surface area contributed by atoms with Gasteiger partial charge in [-0.05, 0) is 37.0 Å². The molecule has 3 atom stereocenters. The van der Waals surface area contributed by atoms with E-state index < -0.39 is 0 Å². The molecule has 0 aromatic carbocycles. The maximum Gasteiger partial charge on any atom is -0.0355 e. The summed E-state index contributed by atoms with van der Waals surface area (Å²) in [6.45, 7) is 2.34. The SMILES string of the molecule is CCC1CC[C@H]2C[C@@H]12. The summed E-state index contributed by atoms with van der Waals surface area (Å²) in [5, 5.41) is 0. The van der Waals surface area contributed by atoms with E-state index in [1.165, 1.54) is 18.3 Å². The van der Waals surface area contributed by atoms with E-state index in [2.05, 4.69) is 6.92 Å². The van der Waals surface area contributed by atoms with Gasteiger partial charge in [0, 0.05) is 0 Å². The molecular formula is C8H14. The van der Waals surface area contributed by atoms with E-state index in [4.69, 9.17) is 0 Å². The third kappa shape index (κ3) is 0.519. The molecule has 46 valence electrons. The largest absolute Gasteiger partial charge is 0.0651 e. The Kier molecular flexibility index (Phi) is 0.902. The molecule has 2 fully saturated rings. The van der Waals surface area contributed by atoms with Gasteiger partial charge in [-0.2, -0.15) is 0 Å². The number of hydrogen-bond acceptors (Lipinski definition) is 0. The van der Waals surface area contributed by atoms with Crippen LogP contribution in [0.15, 0.2) is 0 Å². The molecular weight excluding hydrogens is 96.1 g/mol. The molecule has 0 N–H and O–H groups in total. The fourth-order valence-corrected chi connectivity index (χ4v) is 2.33. The normalized spacial score (nSPS) is 51.4. The Labute approximate surface area is 51.3 Å². The van der Waals surface area contributed by atoms with Gasteiger partial charge < -0.3 is 0 Å². The summed E-state index contributed by atoms with van der Waals surface area (Å²) >= 11 is 0. The molecule has 0 bridgehead atoms. The molecule has 8 heavy (non-hydrogen) atoms. The Bertz CT molecular complexity index is 96.2. The van der Waals surface area contributed by atoms with Gasteiger partial charge in [-0.3, -0.25) is 0 Å². The first kappa shape index (κ1) is 4.84. The van der Waals surface area contributed by atoms with E-state index in [1.54, 1.807) is 19.3 Å². The predicted molar refractivity (Wildman–Crippen MR) is 34.6 cm³/mol. The average molecular weight is 110 g/mol. The molecule has 0 spiro atoms. The van der Waals surface area contributed by atoms with Crippen LogP contribution < -0.4 is 0 Å². The zero-order chi connectivity index (χ0) is 5.56. The Morgan fingerprint density at radius 2 is 2.25 bits per heavy atom. The second-order valence-corrected chi connectivity index (χ2v) is 3.41. The Hall–Kier alpha value is 0. The lowest BCUT2D eigenvalue weighted by Crippen LogP contribution is -1.94. The third-order valence-corrected chi connectivity index (χ3v) is 3.02. The molecule has 2 saturated carbocycles. The lowest BCUT2D eigenvalue weighted by molar-refractivity contribution is 0.465. The first-order chi connectivity index (χ1) is 3.92. The summed E-state index contributed by atoms with van der Waals surface area (Å²) in [5.41, 5.74) is 0. The van der Waals surface area contributed by atoms with Crippen molar-refractivity contribution in [2.24, 2.45) is 17.8 Å². The molecule has 2 aliphatic carbocycles. The molecule has 0 radical (unpaired) electrons. The zero-order valence-electron chi connectivity index (χ0n) is 5.56. The minimum absolute atomic E-state index is 1.14. The molecule has 0 heterocycles. The van der Waals surface area contributed by atoms with Crippen LogP contribution in [0.25, 0.3) is 0 Å². The second kappa shape index (κ2) is 1.49. The molecule has 1 unspecified atom stereocenters. The van der Waals surface area contributed by atoms with Crippen LogP contribution >= 0.6 is 0 Å². The van der Waals surface area contributed by atoms with E-state index >= 15 is 0 Å². The van der Waals surface area contributed by atoms with E-state index in [0.29, 0.717) is 0 Å². The summed E-state index contributed by atoms with van der Waals surface area (Å²) in [5.74, 6) is 3.53. The highest BCUT2D eigenvalue weighted by Gasteiger charge is 2.46. The van der Waals surface area contributed by atoms with Gasteiger partial charge in [-0.25, -0.2) is 0 Å². The highest BCUT2D eigenvalue weighted by molar-refractivity contribution is 4.96. The van der Waals surface area contributed by atoms with Crippen LogP contribution in [0, 0.1) is 17.8 Å². The summed E-state index contributed by atoms with van der Waals surface area (Å²) in [6, 6.07) is 0. The highest BCUT2D eigenvalue weighted by Crippen LogP contribution is 2.56. The van der Waals surface area contributed by atoms with Crippen molar-refractivity contribution in [1.82, 2.24) is 0 Å². The molecule has 0 aliphatic heterocycles. The first-order valence-corrected chi connectivity index (χ1v) is 3.92. The maximum atomic E-state index is 2.34. The highest BCUT2D eigenvalue weighted by atomic mass is 14.5. The lowest BCUT2D eigenvalue weighted by atomic mass is 10.0. The van der Waals surface area contributed by atoms with Crippen LogP contribution in [0.5, 0.6) is 0 Å². The van der Waals surface area contributed by atoms with E-state index in [1.807, 2.05) is 0 Å². The first-order valence-electron chi connectivity index (χ1n) is 3.92. The minimum Gasteiger partial charge on any atom is -0.0651 e. The van der Waals surface area contributed by atoms with Gasteiger partial charge in [0.25, 0.3) is 0 Å². The fraction of sp³-hybridized carbons (Fsp3) is 1.00. The average Bonchev–Trinajstić information content (AvgIpc) is 2.46. The van der Waals surface area contributed by atoms with Gasteiger partial charge in [0.1, 0.15) is 0 Å². The van der Waals surface area contributed by atoms with E-state index in [9.17, 15) is 0 Å². The van der Waals surface area contributed by atoms with Gasteiger partial charge in [0.05, 0.1) is 0 Å². The molecule has 0 aromatic rings. The predicted octanol–water partition coefficient (Wildman–Crippen LogP) is 2.44. The topological polar surface area (TPSA) is 0 Å². The van der Waals surface area contributed by atoms with Crippen LogP contribution in [0.4, 0.5) is 0 Å². The summed E-state index contributed by atoms with van der Waals surface area (Å²) in [7, 11) is 0. The van der Waals surface area contributed by atoms with Crippen molar-refractivity contribution in [2.45, 2.75) is 32.6 Å².